The summed E-state index contributed by atoms with van der Waals surface area (Å²) in [5.74, 6) is 1.74. The summed E-state index contributed by atoms with van der Waals surface area (Å²) in [7, 11) is 3.27. The predicted molar refractivity (Wildman–Crippen MR) is 168 cm³/mol. The minimum atomic E-state index is -0.341. The molecule has 0 radical (unpaired) electrons. The van der Waals surface area contributed by atoms with Gasteiger partial charge in [-0.15, -0.1) is 11.8 Å². The van der Waals surface area contributed by atoms with E-state index in [1.807, 2.05) is 72.3 Å². The lowest BCUT2D eigenvalue weighted by Gasteiger charge is -2.24. The number of rotatable bonds is 9. The van der Waals surface area contributed by atoms with E-state index in [-0.39, 0.29) is 29.4 Å². The highest BCUT2D eigenvalue weighted by atomic mass is 32.2. The van der Waals surface area contributed by atoms with E-state index in [0.717, 1.165) is 45.6 Å². The molecular weight excluding hydrogens is 548 g/mol. The lowest BCUT2D eigenvalue weighted by Crippen LogP contribution is -2.42. The quantitative estimate of drug-likeness (QED) is 0.265. The van der Waals surface area contributed by atoms with Crippen LogP contribution in [0.2, 0.25) is 0 Å². The first-order valence-corrected chi connectivity index (χ1v) is 15.1. The summed E-state index contributed by atoms with van der Waals surface area (Å²) in [5.41, 5.74) is 6.35. The summed E-state index contributed by atoms with van der Waals surface area (Å²) in [4.78, 5) is 28.7. The Balaban J connectivity index is 1.85. The largest absolute Gasteiger partial charge is 0.497 e. The molecule has 218 valence electrons. The summed E-state index contributed by atoms with van der Waals surface area (Å²) in [5, 5.41) is 7.81. The third kappa shape index (κ3) is 5.61. The zero-order valence-corrected chi connectivity index (χ0v) is 25.5. The number of amides is 2. The number of benzene rings is 3. The van der Waals surface area contributed by atoms with Crippen molar-refractivity contribution in [3.8, 4) is 28.4 Å². The van der Waals surface area contributed by atoms with Gasteiger partial charge in [-0.1, -0.05) is 49.4 Å². The maximum absolute atomic E-state index is 13.9. The van der Waals surface area contributed by atoms with E-state index in [1.165, 1.54) is 11.8 Å². The maximum Gasteiger partial charge on any atom is 0.240 e. The van der Waals surface area contributed by atoms with Crippen molar-refractivity contribution in [3.05, 3.63) is 89.0 Å². The maximum atomic E-state index is 13.9. The first-order chi connectivity index (χ1) is 20.4. The molecule has 1 aliphatic heterocycles. The number of carbonyl (C=O) groups excluding carboxylic acids is 2. The summed E-state index contributed by atoms with van der Waals surface area (Å²) >= 11 is 1.50. The van der Waals surface area contributed by atoms with Crippen LogP contribution in [0.5, 0.6) is 11.5 Å². The highest BCUT2D eigenvalue weighted by molar-refractivity contribution is 8.00. The van der Waals surface area contributed by atoms with E-state index in [2.05, 4.69) is 25.2 Å². The van der Waals surface area contributed by atoms with Gasteiger partial charge in [0.15, 0.2) is 0 Å². The van der Waals surface area contributed by atoms with Gasteiger partial charge < -0.3 is 14.8 Å². The van der Waals surface area contributed by atoms with E-state index in [1.54, 1.807) is 19.1 Å². The molecule has 1 atom stereocenters. The third-order valence-electron chi connectivity index (χ3n) is 7.53. The van der Waals surface area contributed by atoms with Crippen molar-refractivity contribution in [3.63, 3.8) is 0 Å². The highest BCUT2D eigenvalue weighted by Crippen LogP contribution is 2.51. The van der Waals surface area contributed by atoms with Gasteiger partial charge in [0, 0.05) is 23.2 Å². The monoisotopic (exact) mass is 584 g/mol. The summed E-state index contributed by atoms with van der Waals surface area (Å²) in [6.45, 7) is 6.53. The lowest BCUT2D eigenvalue weighted by molar-refractivity contribution is -0.122. The van der Waals surface area contributed by atoms with Gasteiger partial charge >= 0.3 is 0 Å². The molecule has 5 rings (SSSR count). The second kappa shape index (κ2) is 12.7. The zero-order chi connectivity index (χ0) is 29.8. The normalized spacial score (nSPS) is 14.7. The molecule has 8 nitrogen and oxygen atoms in total. The first kappa shape index (κ1) is 29.3. The Bertz CT molecular complexity index is 1600. The van der Waals surface area contributed by atoms with E-state index < -0.39 is 0 Å². The molecule has 2 heterocycles. The minimum Gasteiger partial charge on any atom is -0.497 e. The van der Waals surface area contributed by atoms with Gasteiger partial charge in [0.2, 0.25) is 11.8 Å². The number of carbonyl (C=O) groups is 2. The van der Waals surface area contributed by atoms with Gasteiger partial charge in [0.1, 0.15) is 23.9 Å². The number of hydrogen-bond donors (Lipinski definition) is 1. The molecule has 4 aromatic rings. The standard InChI is InChI=1S/C33H36N4O4S/c1-6-17-34-28(38)19-36-29(39)20-42-32(25-18-24(40-4)15-16-27(25)41-5)30-31(23-12-8-7-9-13-23)35-37(33(30)36)26-14-10-11-21(2)22(26)3/h7-16,18,32H,6,17,19-20H2,1-5H3,(H,34,38)/t32-/m1/s1. The molecule has 0 fully saturated rings. The van der Waals surface area contributed by atoms with Crippen molar-refractivity contribution in [1.82, 2.24) is 15.1 Å². The van der Waals surface area contributed by atoms with Crippen LogP contribution in [0.1, 0.15) is 40.8 Å². The molecule has 1 aromatic heterocycles. The molecule has 0 saturated heterocycles. The smallest absolute Gasteiger partial charge is 0.240 e. The third-order valence-corrected chi connectivity index (χ3v) is 8.77. The molecule has 0 bridgehead atoms. The molecule has 0 aliphatic carbocycles. The van der Waals surface area contributed by atoms with Crippen LogP contribution in [0.15, 0.2) is 66.7 Å². The van der Waals surface area contributed by atoms with Gasteiger partial charge in [-0.2, -0.15) is 5.10 Å². The van der Waals surface area contributed by atoms with Crippen molar-refractivity contribution in [2.75, 3.05) is 38.0 Å². The van der Waals surface area contributed by atoms with Crippen molar-refractivity contribution >= 4 is 29.4 Å². The first-order valence-electron chi connectivity index (χ1n) is 14.0. The number of aromatic nitrogens is 2. The van der Waals surface area contributed by atoms with Crippen molar-refractivity contribution in [2.45, 2.75) is 32.4 Å². The second-order valence-corrected chi connectivity index (χ2v) is 11.3. The topological polar surface area (TPSA) is 85.7 Å². The molecule has 1 N–H and O–H groups in total. The number of anilines is 1. The second-order valence-electron chi connectivity index (χ2n) is 10.2. The predicted octanol–water partition coefficient (Wildman–Crippen LogP) is 5.87. The van der Waals surface area contributed by atoms with E-state index in [0.29, 0.717) is 23.9 Å². The number of ether oxygens (including phenoxy) is 2. The molecule has 9 heteroatoms. The van der Waals surface area contributed by atoms with E-state index >= 15 is 0 Å². The number of methoxy groups -OCH3 is 2. The fourth-order valence-corrected chi connectivity index (χ4v) is 6.43. The van der Waals surface area contributed by atoms with Crippen LogP contribution in [-0.4, -0.2) is 54.7 Å². The molecular formula is C33H36N4O4S. The number of nitrogens with one attached hydrogen (secondary N) is 1. The van der Waals surface area contributed by atoms with Gasteiger partial charge in [-0.25, -0.2) is 4.68 Å². The number of hydrogen-bond acceptors (Lipinski definition) is 6. The molecule has 42 heavy (non-hydrogen) atoms. The Morgan fingerprint density at radius 2 is 1.83 bits per heavy atom. The Morgan fingerprint density at radius 1 is 1.05 bits per heavy atom. The fraction of sp³-hybridized carbons (Fsp3) is 0.303. The minimum absolute atomic E-state index is 0.112. The van der Waals surface area contributed by atoms with Crippen LogP contribution in [0.3, 0.4) is 0 Å². The van der Waals surface area contributed by atoms with Crippen LogP contribution >= 0.6 is 11.8 Å². The molecule has 2 amide bonds. The Kier molecular flexibility index (Phi) is 8.87. The van der Waals surface area contributed by atoms with Gasteiger partial charge in [-0.3, -0.25) is 14.5 Å². The van der Waals surface area contributed by atoms with E-state index in [9.17, 15) is 9.59 Å². The SMILES string of the molecule is CCCNC(=O)CN1C(=O)CS[C@H](c2cc(OC)ccc2OC)c2c(-c3ccccc3)nn(-c3cccc(C)c3C)c21. The van der Waals surface area contributed by atoms with Crippen LogP contribution in [0, 0.1) is 13.8 Å². The van der Waals surface area contributed by atoms with Crippen LogP contribution in [0.4, 0.5) is 5.82 Å². The number of nitrogens with zero attached hydrogens (tertiary/aromatic N) is 3. The Morgan fingerprint density at radius 3 is 2.55 bits per heavy atom. The average molecular weight is 585 g/mol. The summed E-state index contributed by atoms with van der Waals surface area (Å²) in [6, 6.07) is 21.7. The van der Waals surface area contributed by atoms with Crippen LogP contribution in [0.25, 0.3) is 16.9 Å². The van der Waals surface area contributed by atoms with Gasteiger partial charge in [-0.05, 0) is 55.7 Å². The van der Waals surface area contributed by atoms with Crippen molar-refractivity contribution in [2.24, 2.45) is 0 Å². The van der Waals surface area contributed by atoms with E-state index in [4.69, 9.17) is 14.6 Å². The number of aryl methyl sites for hydroxylation is 1. The molecule has 3 aromatic carbocycles. The highest BCUT2D eigenvalue weighted by Gasteiger charge is 2.39. The molecule has 0 spiro atoms. The number of fused-ring (bicyclic) bond motifs is 1. The molecule has 0 saturated carbocycles. The summed E-state index contributed by atoms with van der Waals surface area (Å²) in [6.07, 6.45) is 0.803. The number of thioether (sulfide) groups is 1. The summed E-state index contributed by atoms with van der Waals surface area (Å²) < 4.78 is 13.3. The lowest BCUT2D eigenvalue weighted by atomic mass is 9.98. The Hall–Kier alpha value is -4.24. The van der Waals surface area contributed by atoms with Crippen molar-refractivity contribution in [1.29, 1.82) is 0 Å². The molecule has 1 aliphatic rings. The fourth-order valence-electron chi connectivity index (χ4n) is 5.22. The Labute approximate surface area is 251 Å². The van der Waals surface area contributed by atoms with Crippen LogP contribution < -0.4 is 19.7 Å². The average Bonchev–Trinajstić information content (AvgIpc) is 3.33. The molecule has 0 unspecified atom stereocenters. The van der Waals surface area contributed by atoms with Crippen LogP contribution in [-0.2, 0) is 9.59 Å². The van der Waals surface area contributed by atoms with Gasteiger partial charge in [0.25, 0.3) is 0 Å². The van der Waals surface area contributed by atoms with Crippen molar-refractivity contribution < 1.29 is 19.1 Å². The van der Waals surface area contributed by atoms with Gasteiger partial charge in [0.05, 0.1) is 36.6 Å². The zero-order valence-electron chi connectivity index (χ0n) is 24.6.